The third-order valence-electron chi connectivity index (χ3n) is 9.46. The van der Waals surface area contributed by atoms with Gasteiger partial charge in [0.1, 0.15) is 6.73 Å². The van der Waals surface area contributed by atoms with Crippen LogP contribution in [0.25, 0.3) is 11.1 Å². The zero-order chi connectivity index (χ0) is 32.7. The topological polar surface area (TPSA) is 126 Å². The summed E-state index contributed by atoms with van der Waals surface area (Å²) in [5.41, 5.74) is 5.56. The number of hydrogen-bond donors (Lipinski definition) is 2. The average Bonchev–Trinajstić information content (AvgIpc) is 3.72. The minimum absolute atomic E-state index is 0.0479. The lowest BCUT2D eigenvalue weighted by Gasteiger charge is -2.46. The Balaban J connectivity index is 1.31. The van der Waals surface area contributed by atoms with Gasteiger partial charge in [-0.25, -0.2) is 18.1 Å². The van der Waals surface area contributed by atoms with E-state index in [0.717, 1.165) is 80.2 Å². The average molecular weight is 672 g/mol. The van der Waals surface area contributed by atoms with Crippen LogP contribution in [0.4, 0.5) is 16.0 Å². The number of sulfonamides is 1. The van der Waals surface area contributed by atoms with Gasteiger partial charge in [0.25, 0.3) is 15.2 Å². The van der Waals surface area contributed by atoms with E-state index in [4.69, 9.17) is 4.74 Å². The van der Waals surface area contributed by atoms with Crippen molar-refractivity contribution >= 4 is 29.7 Å². The van der Waals surface area contributed by atoms with E-state index in [9.17, 15) is 17.9 Å². The molecule has 6 rings (SSSR count). The maximum atomic E-state index is 14.3. The maximum Gasteiger partial charge on any atom is 0.284 e. The molecule has 1 aromatic carbocycles. The number of benzene rings is 1. The predicted molar refractivity (Wildman–Crippen MR) is 178 cm³/mol. The number of aliphatic hydroxyl groups is 1. The van der Waals surface area contributed by atoms with E-state index in [1.54, 1.807) is 6.07 Å². The van der Waals surface area contributed by atoms with E-state index in [2.05, 4.69) is 51.0 Å². The molecule has 2 aliphatic heterocycles. The fraction of sp³-hybridized carbons (Fsp3) is 0.594. The minimum Gasteiger partial charge on any atom is -0.396 e. The highest BCUT2D eigenvalue weighted by atomic mass is 32.2. The SMILES string of the molecule is Cc1cc2c(c(Nc3nc(S(=O)(=O)N4CC5(CCN(CCCO)C5)C4)nn3COCC[Si](C)(C)C)c1-c1ccnc(F)c1)CCC2. The van der Waals surface area contributed by atoms with Crippen LogP contribution in [0.2, 0.25) is 25.7 Å². The van der Waals surface area contributed by atoms with Crippen molar-refractivity contribution in [2.24, 2.45) is 5.41 Å². The number of aromatic nitrogens is 4. The van der Waals surface area contributed by atoms with Crippen LogP contribution < -0.4 is 5.32 Å². The molecule has 0 bridgehead atoms. The highest BCUT2D eigenvalue weighted by Crippen LogP contribution is 2.43. The fourth-order valence-corrected chi connectivity index (χ4v) is 9.25. The summed E-state index contributed by atoms with van der Waals surface area (Å²) in [5.74, 6) is -0.296. The number of nitrogens with one attached hydrogen (secondary N) is 1. The van der Waals surface area contributed by atoms with E-state index in [-0.39, 0.29) is 29.9 Å². The second kappa shape index (κ2) is 13.0. The van der Waals surface area contributed by atoms with Crippen molar-refractivity contribution in [3.63, 3.8) is 0 Å². The van der Waals surface area contributed by atoms with Gasteiger partial charge < -0.3 is 20.1 Å². The Hall–Kier alpha value is -2.75. The van der Waals surface area contributed by atoms with Gasteiger partial charge in [-0.3, -0.25) is 0 Å². The monoisotopic (exact) mass is 671 g/mol. The largest absolute Gasteiger partial charge is 0.396 e. The molecule has 14 heteroatoms. The van der Waals surface area contributed by atoms with Crippen molar-refractivity contribution in [3.8, 4) is 11.1 Å². The summed E-state index contributed by atoms with van der Waals surface area (Å²) in [6.07, 6.45) is 5.89. The maximum absolute atomic E-state index is 14.3. The fourth-order valence-electron chi connectivity index (χ4n) is 6.97. The van der Waals surface area contributed by atoms with Crippen LogP contribution in [-0.2, 0) is 34.3 Å². The van der Waals surface area contributed by atoms with Gasteiger partial charge in [0.05, 0.1) is 5.69 Å². The van der Waals surface area contributed by atoms with Gasteiger partial charge in [-0.1, -0.05) is 25.7 Å². The van der Waals surface area contributed by atoms with Crippen LogP contribution in [0.15, 0.2) is 29.6 Å². The Morgan fingerprint density at radius 3 is 2.72 bits per heavy atom. The van der Waals surface area contributed by atoms with Crippen LogP contribution in [0.1, 0.15) is 36.0 Å². The number of hydrogen-bond acceptors (Lipinski definition) is 9. The number of pyridine rings is 1. The van der Waals surface area contributed by atoms with Crippen molar-refractivity contribution in [2.45, 2.75) is 76.6 Å². The highest BCUT2D eigenvalue weighted by Gasteiger charge is 2.52. The van der Waals surface area contributed by atoms with Crippen molar-refractivity contribution in [1.29, 1.82) is 0 Å². The number of ether oxygens (including phenoxy) is 1. The Kier molecular flexibility index (Phi) is 9.40. The Morgan fingerprint density at radius 1 is 1.17 bits per heavy atom. The molecule has 0 unspecified atom stereocenters. The van der Waals surface area contributed by atoms with E-state index >= 15 is 0 Å². The molecule has 0 amide bonds. The first-order chi connectivity index (χ1) is 21.9. The summed E-state index contributed by atoms with van der Waals surface area (Å²) >= 11 is 0. The molecule has 2 aromatic heterocycles. The van der Waals surface area contributed by atoms with Crippen LogP contribution >= 0.6 is 0 Å². The lowest BCUT2D eigenvalue weighted by molar-refractivity contribution is 0.0747. The summed E-state index contributed by atoms with van der Waals surface area (Å²) in [4.78, 5) is 10.7. The standard InChI is InChI=1S/C32H46FN7O4SSi/c1-23-17-24-7-5-8-26(24)29(28(23)25-9-11-34-27(33)18-25)35-30-36-31(37-40(30)22-44-15-16-46(2,3)4)45(42,43)39-20-32(21-39)10-13-38(19-32)12-6-14-41/h9,11,17-18,41H,5-8,10,12-16,19-22H2,1-4H3,(H,35,36,37). The van der Waals surface area contributed by atoms with Gasteiger partial charge in [0.2, 0.25) is 11.9 Å². The highest BCUT2D eigenvalue weighted by molar-refractivity contribution is 7.89. The molecule has 46 heavy (non-hydrogen) atoms. The summed E-state index contributed by atoms with van der Waals surface area (Å²) in [5, 5.41) is 16.9. The lowest BCUT2D eigenvalue weighted by Crippen LogP contribution is -2.59. The number of aliphatic hydroxyl groups excluding tert-OH is 1. The molecule has 1 spiro atoms. The second-order valence-electron chi connectivity index (χ2n) is 14.4. The molecule has 2 saturated heterocycles. The zero-order valence-corrected chi connectivity index (χ0v) is 29.2. The summed E-state index contributed by atoms with van der Waals surface area (Å²) in [6, 6.07) is 6.33. The van der Waals surface area contributed by atoms with Crippen molar-refractivity contribution < 1.29 is 22.7 Å². The third-order valence-corrected chi connectivity index (χ3v) is 12.7. The van der Waals surface area contributed by atoms with Crippen molar-refractivity contribution in [3.05, 3.63) is 47.0 Å². The molecule has 4 heterocycles. The van der Waals surface area contributed by atoms with Gasteiger partial charge in [-0.05, 0) is 79.9 Å². The molecule has 11 nitrogen and oxygen atoms in total. The van der Waals surface area contributed by atoms with Crippen LogP contribution in [0, 0.1) is 18.3 Å². The number of aryl methyl sites for hydroxylation is 2. The number of likely N-dealkylation sites (tertiary alicyclic amines) is 1. The molecule has 250 valence electrons. The zero-order valence-electron chi connectivity index (χ0n) is 27.4. The molecule has 3 aromatic rings. The van der Waals surface area contributed by atoms with Gasteiger partial charge >= 0.3 is 0 Å². The van der Waals surface area contributed by atoms with E-state index in [0.29, 0.717) is 25.3 Å². The van der Waals surface area contributed by atoms with Crippen LogP contribution in [0.3, 0.4) is 0 Å². The summed E-state index contributed by atoms with van der Waals surface area (Å²) in [6.45, 7) is 13.0. The third kappa shape index (κ3) is 6.92. The molecule has 3 aliphatic rings. The molecule has 2 fully saturated rings. The summed E-state index contributed by atoms with van der Waals surface area (Å²) in [7, 11) is -5.29. The number of nitrogens with zero attached hydrogens (tertiary/aromatic N) is 6. The van der Waals surface area contributed by atoms with Gasteiger partial charge in [-0.15, -0.1) is 5.10 Å². The molecule has 1 aliphatic carbocycles. The van der Waals surface area contributed by atoms with Crippen LogP contribution in [0.5, 0.6) is 0 Å². The normalized spacial score (nSPS) is 18.3. The van der Waals surface area contributed by atoms with Gasteiger partial charge in [0, 0.05) is 70.7 Å². The molecular weight excluding hydrogens is 626 g/mol. The Morgan fingerprint density at radius 2 is 1.98 bits per heavy atom. The van der Waals surface area contributed by atoms with Crippen LogP contribution in [-0.4, -0.2) is 96.5 Å². The first-order valence-electron chi connectivity index (χ1n) is 16.3. The van der Waals surface area contributed by atoms with Gasteiger partial charge in [0.15, 0.2) is 0 Å². The Labute approximate surface area is 272 Å². The lowest BCUT2D eigenvalue weighted by atomic mass is 9.81. The number of fused-ring (bicyclic) bond motifs is 1. The molecular formula is C32H46FN7O4SSi. The molecule has 0 radical (unpaired) electrons. The van der Waals surface area contributed by atoms with E-state index in [1.807, 2.05) is 6.92 Å². The van der Waals surface area contributed by atoms with E-state index in [1.165, 1.54) is 26.8 Å². The quantitative estimate of drug-likeness (QED) is 0.154. The molecule has 0 saturated carbocycles. The van der Waals surface area contributed by atoms with Gasteiger partial charge in [-0.2, -0.15) is 13.7 Å². The van der Waals surface area contributed by atoms with Crippen molar-refractivity contribution in [1.82, 2.24) is 29.0 Å². The van der Waals surface area contributed by atoms with Crippen molar-refractivity contribution in [2.75, 3.05) is 51.3 Å². The molecule has 0 atom stereocenters. The number of halogens is 1. The summed E-state index contributed by atoms with van der Waals surface area (Å²) < 4.78 is 51.1. The predicted octanol–water partition coefficient (Wildman–Crippen LogP) is 4.41. The second-order valence-corrected chi connectivity index (χ2v) is 21.8. The van der Waals surface area contributed by atoms with E-state index < -0.39 is 24.0 Å². The smallest absolute Gasteiger partial charge is 0.284 e. The first kappa shape index (κ1) is 33.2. The number of anilines is 2. The first-order valence-corrected chi connectivity index (χ1v) is 21.4. The minimum atomic E-state index is -3.95. The molecule has 2 N–H and O–H groups in total. The number of rotatable bonds is 13. The Bertz CT molecular complexity index is 1690.